The molecule has 0 bridgehead atoms. The van der Waals surface area contributed by atoms with Crippen LogP contribution in [0.5, 0.6) is 0 Å². The lowest BCUT2D eigenvalue weighted by Gasteiger charge is -2.09. The lowest BCUT2D eigenvalue weighted by atomic mass is 10.00. The molecular weight excluding hydrogens is 262 g/mol. The van der Waals surface area contributed by atoms with Gasteiger partial charge in [0.1, 0.15) is 0 Å². The van der Waals surface area contributed by atoms with Gasteiger partial charge >= 0.3 is 5.97 Å². The van der Waals surface area contributed by atoms with Gasteiger partial charge in [-0.25, -0.2) is 0 Å². The van der Waals surface area contributed by atoms with E-state index in [1.165, 1.54) is 10.9 Å². The molecule has 0 saturated heterocycles. The van der Waals surface area contributed by atoms with Crippen molar-refractivity contribution < 1.29 is 9.90 Å². The number of hydrogen-bond acceptors (Lipinski definition) is 1. The average molecular weight is 279 g/mol. The summed E-state index contributed by atoms with van der Waals surface area (Å²) in [5.41, 5.74) is 3.21. The Kier molecular flexibility index (Phi) is 3.48. The molecule has 1 N–H and O–H groups in total. The van der Waals surface area contributed by atoms with Crippen LogP contribution in [-0.2, 0) is 11.3 Å². The number of fused-ring (bicyclic) bond motifs is 1. The number of carbonyl (C=O) groups is 1. The number of benzene rings is 2. The van der Waals surface area contributed by atoms with Gasteiger partial charge in [0, 0.05) is 18.3 Å². The molecule has 0 fully saturated rings. The summed E-state index contributed by atoms with van der Waals surface area (Å²) < 4.78 is 2.20. The zero-order chi connectivity index (χ0) is 14.8. The Morgan fingerprint density at radius 1 is 1.10 bits per heavy atom. The van der Waals surface area contributed by atoms with Crippen molar-refractivity contribution >= 4 is 16.9 Å². The molecule has 0 saturated carbocycles. The zero-order valence-corrected chi connectivity index (χ0v) is 11.9. The Morgan fingerprint density at radius 3 is 2.52 bits per heavy atom. The first-order valence-corrected chi connectivity index (χ1v) is 7.00. The second kappa shape index (κ2) is 5.44. The first-order valence-electron chi connectivity index (χ1n) is 7.00. The van der Waals surface area contributed by atoms with Gasteiger partial charge in [-0.2, -0.15) is 0 Å². The minimum absolute atomic E-state index is 0.466. The van der Waals surface area contributed by atoms with Crippen LogP contribution in [0, 0.1) is 0 Å². The maximum atomic E-state index is 11.0. The summed E-state index contributed by atoms with van der Waals surface area (Å²) >= 11 is 0. The van der Waals surface area contributed by atoms with Crippen LogP contribution in [-0.4, -0.2) is 15.6 Å². The smallest absolute Gasteiger partial charge is 0.310 e. The summed E-state index contributed by atoms with van der Waals surface area (Å²) in [7, 11) is 0. The monoisotopic (exact) mass is 279 g/mol. The molecule has 0 amide bonds. The fraction of sp³-hybridized carbons (Fsp3) is 0.167. The van der Waals surface area contributed by atoms with E-state index in [1.54, 1.807) is 6.92 Å². The molecule has 3 nitrogen and oxygen atoms in total. The number of rotatable bonds is 4. The summed E-state index contributed by atoms with van der Waals surface area (Å²) in [6.07, 6.45) is 2.08. The molecule has 0 aliphatic rings. The van der Waals surface area contributed by atoms with Crippen molar-refractivity contribution in [3.63, 3.8) is 0 Å². The van der Waals surface area contributed by atoms with E-state index in [0.717, 1.165) is 17.7 Å². The Hall–Kier alpha value is -2.55. The molecule has 21 heavy (non-hydrogen) atoms. The Morgan fingerprint density at radius 2 is 1.81 bits per heavy atom. The first-order chi connectivity index (χ1) is 10.1. The third kappa shape index (κ3) is 2.68. The average Bonchev–Trinajstić information content (AvgIpc) is 2.91. The number of nitrogens with zero attached hydrogens (tertiary/aromatic N) is 1. The molecule has 1 atom stereocenters. The summed E-state index contributed by atoms with van der Waals surface area (Å²) in [6, 6.07) is 18.2. The van der Waals surface area contributed by atoms with Crippen LogP contribution in [0.1, 0.15) is 24.0 Å². The maximum Gasteiger partial charge on any atom is 0.310 e. The highest BCUT2D eigenvalue weighted by Crippen LogP contribution is 2.19. The first kappa shape index (κ1) is 13.4. The summed E-state index contributed by atoms with van der Waals surface area (Å²) in [4.78, 5) is 11.0. The van der Waals surface area contributed by atoms with Crippen LogP contribution in [0.4, 0.5) is 0 Å². The van der Waals surface area contributed by atoms with Crippen LogP contribution in [0.3, 0.4) is 0 Å². The fourth-order valence-corrected chi connectivity index (χ4v) is 2.53. The second-order valence-electron chi connectivity index (χ2n) is 5.30. The van der Waals surface area contributed by atoms with Gasteiger partial charge in [-0.3, -0.25) is 4.79 Å². The molecule has 3 rings (SSSR count). The predicted molar refractivity (Wildman–Crippen MR) is 83.5 cm³/mol. The molecule has 106 valence electrons. The number of carboxylic acids is 1. The number of aromatic nitrogens is 1. The van der Waals surface area contributed by atoms with Crippen molar-refractivity contribution in [1.29, 1.82) is 0 Å². The third-order valence-electron chi connectivity index (χ3n) is 3.88. The molecule has 3 heteroatoms. The standard InChI is InChI=1S/C18H17NO2/c1-13(18(20)21)15-8-6-14(7-9-15)12-19-11-10-16-4-2-3-5-17(16)19/h2-11,13H,12H2,1H3,(H,20,21). The molecule has 0 aliphatic carbocycles. The number of hydrogen-bond donors (Lipinski definition) is 1. The van der Waals surface area contributed by atoms with Crippen LogP contribution < -0.4 is 0 Å². The SMILES string of the molecule is CC(C(=O)O)c1ccc(Cn2ccc3ccccc32)cc1. The van der Waals surface area contributed by atoms with Crippen LogP contribution in [0.2, 0.25) is 0 Å². The van der Waals surface area contributed by atoms with Crippen molar-refractivity contribution in [2.24, 2.45) is 0 Å². The van der Waals surface area contributed by atoms with Gasteiger partial charge in [-0.1, -0.05) is 42.5 Å². The molecule has 3 aromatic rings. The van der Waals surface area contributed by atoms with E-state index in [1.807, 2.05) is 36.4 Å². The van der Waals surface area contributed by atoms with Gasteiger partial charge in [-0.05, 0) is 35.6 Å². The van der Waals surface area contributed by atoms with E-state index in [0.29, 0.717) is 0 Å². The van der Waals surface area contributed by atoms with E-state index < -0.39 is 11.9 Å². The van der Waals surface area contributed by atoms with E-state index >= 15 is 0 Å². The van der Waals surface area contributed by atoms with E-state index in [-0.39, 0.29) is 0 Å². The molecule has 1 heterocycles. The highest BCUT2D eigenvalue weighted by Gasteiger charge is 2.13. The van der Waals surface area contributed by atoms with Gasteiger partial charge in [0.15, 0.2) is 0 Å². The van der Waals surface area contributed by atoms with Gasteiger partial charge < -0.3 is 9.67 Å². The topological polar surface area (TPSA) is 42.2 Å². The molecule has 2 aromatic carbocycles. The molecule has 0 spiro atoms. The lowest BCUT2D eigenvalue weighted by molar-refractivity contribution is -0.138. The van der Waals surface area contributed by atoms with Gasteiger partial charge in [-0.15, -0.1) is 0 Å². The van der Waals surface area contributed by atoms with Gasteiger partial charge in [0.25, 0.3) is 0 Å². The van der Waals surface area contributed by atoms with Crippen LogP contribution >= 0.6 is 0 Å². The predicted octanol–water partition coefficient (Wildman–Crippen LogP) is 3.88. The van der Waals surface area contributed by atoms with Crippen molar-refractivity contribution in [3.05, 3.63) is 71.9 Å². The normalized spacial score (nSPS) is 12.4. The van der Waals surface area contributed by atoms with E-state index in [4.69, 9.17) is 5.11 Å². The third-order valence-corrected chi connectivity index (χ3v) is 3.88. The van der Waals surface area contributed by atoms with Crippen molar-refractivity contribution in [2.45, 2.75) is 19.4 Å². The highest BCUT2D eigenvalue weighted by molar-refractivity contribution is 5.80. The maximum absolute atomic E-state index is 11.0. The molecule has 0 aliphatic heterocycles. The zero-order valence-electron chi connectivity index (χ0n) is 11.9. The lowest BCUT2D eigenvalue weighted by Crippen LogP contribution is -2.07. The second-order valence-corrected chi connectivity index (χ2v) is 5.30. The van der Waals surface area contributed by atoms with Gasteiger partial charge in [0.05, 0.1) is 5.92 Å². The highest BCUT2D eigenvalue weighted by atomic mass is 16.4. The summed E-state index contributed by atoms with van der Waals surface area (Å²) in [5.74, 6) is -1.26. The molecule has 1 aromatic heterocycles. The number of para-hydroxylation sites is 1. The minimum atomic E-state index is -0.792. The molecular formula is C18H17NO2. The summed E-state index contributed by atoms with van der Waals surface area (Å²) in [6.45, 7) is 2.49. The van der Waals surface area contributed by atoms with Crippen molar-refractivity contribution in [3.8, 4) is 0 Å². The van der Waals surface area contributed by atoms with Crippen molar-refractivity contribution in [2.75, 3.05) is 0 Å². The number of carboxylic acid groups (broad SMARTS) is 1. The fourth-order valence-electron chi connectivity index (χ4n) is 2.53. The number of aliphatic carboxylic acids is 1. The molecule has 1 unspecified atom stereocenters. The van der Waals surface area contributed by atoms with Crippen LogP contribution in [0.15, 0.2) is 60.8 Å². The Bertz CT molecular complexity index is 771. The van der Waals surface area contributed by atoms with Crippen LogP contribution in [0.25, 0.3) is 10.9 Å². The van der Waals surface area contributed by atoms with Crippen molar-refractivity contribution in [1.82, 2.24) is 4.57 Å². The van der Waals surface area contributed by atoms with E-state index in [9.17, 15) is 4.79 Å². The Labute approximate surface area is 123 Å². The summed E-state index contributed by atoms with van der Waals surface area (Å²) in [5, 5.41) is 10.3. The minimum Gasteiger partial charge on any atom is -0.481 e. The Balaban J connectivity index is 1.84. The quantitative estimate of drug-likeness (QED) is 0.787. The molecule has 0 radical (unpaired) electrons. The van der Waals surface area contributed by atoms with E-state index in [2.05, 4.69) is 29.0 Å². The largest absolute Gasteiger partial charge is 0.481 e. The van der Waals surface area contributed by atoms with Gasteiger partial charge in [0.2, 0.25) is 0 Å².